The van der Waals surface area contributed by atoms with E-state index in [4.69, 9.17) is 16.2 Å². The van der Waals surface area contributed by atoms with Crippen molar-refractivity contribution in [1.29, 1.82) is 0 Å². The summed E-state index contributed by atoms with van der Waals surface area (Å²) in [5.74, 6) is -0.610. The highest BCUT2D eigenvalue weighted by Crippen LogP contribution is 2.20. The van der Waals surface area contributed by atoms with Crippen LogP contribution in [0.1, 0.15) is 10.4 Å². The van der Waals surface area contributed by atoms with Gasteiger partial charge in [-0.25, -0.2) is 0 Å². The lowest BCUT2D eigenvalue weighted by Gasteiger charge is -2.14. The van der Waals surface area contributed by atoms with Gasteiger partial charge < -0.3 is 26.4 Å². The van der Waals surface area contributed by atoms with E-state index in [0.717, 1.165) is 0 Å². The third-order valence-electron chi connectivity index (χ3n) is 2.51. The van der Waals surface area contributed by atoms with E-state index in [1.54, 1.807) is 32.3 Å². The van der Waals surface area contributed by atoms with E-state index in [9.17, 15) is 9.59 Å². The molecule has 0 aliphatic heterocycles. The molecule has 0 radical (unpaired) electrons. The largest absolute Gasteiger partial charge is 0.397 e. The van der Waals surface area contributed by atoms with E-state index in [1.807, 2.05) is 0 Å². The summed E-state index contributed by atoms with van der Waals surface area (Å²) in [5.41, 5.74) is 12.5. The van der Waals surface area contributed by atoms with E-state index in [0.29, 0.717) is 30.1 Å². The van der Waals surface area contributed by atoms with Crippen LogP contribution in [0.25, 0.3) is 0 Å². The predicted octanol–water partition coefficient (Wildman–Crippen LogP) is -0.116. The average molecular weight is 280 g/mol. The number of hydrogen-bond donors (Lipinski definition) is 3. The lowest BCUT2D eigenvalue weighted by molar-refractivity contribution is -0.122. The first-order valence-electron chi connectivity index (χ1n) is 6.13. The Morgan fingerprint density at radius 1 is 1.35 bits per heavy atom. The lowest BCUT2D eigenvalue weighted by atomic mass is 10.1. The number of ether oxygens (including phenoxy) is 1. The molecule has 2 amide bonds. The standard InChI is InChI=1S/C13H20N4O3/c1-17(2)13(19)9-3-4-10(14)11(7-9)16-5-6-20-8-12(15)18/h3-4,7,16H,5-6,8,14H2,1-2H3,(H2,15,18). The van der Waals surface area contributed by atoms with Crippen molar-refractivity contribution >= 4 is 23.2 Å². The van der Waals surface area contributed by atoms with Crippen LogP contribution in [0.15, 0.2) is 18.2 Å². The average Bonchev–Trinajstić information content (AvgIpc) is 2.39. The number of anilines is 2. The maximum absolute atomic E-state index is 11.8. The van der Waals surface area contributed by atoms with Gasteiger partial charge in [0.2, 0.25) is 5.91 Å². The van der Waals surface area contributed by atoms with Gasteiger partial charge in [-0.3, -0.25) is 9.59 Å². The summed E-state index contributed by atoms with van der Waals surface area (Å²) in [6.45, 7) is 0.654. The van der Waals surface area contributed by atoms with Gasteiger partial charge in [-0.2, -0.15) is 0 Å². The number of nitrogens with one attached hydrogen (secondary N) is 1. The van der Waals surface area contributed by atoms with Crippen LogP contribution >= 0.6 is 0 Å². The second-order valence-corrected chi connectivity index (χ2v) is 4.45. The molecule has 1 rings (SSSR count). The predicted molar refractivity (Wildman–Crippen MR) is 77.4 cm³/mol. The minimum absolute atomic E-state index is 0.0990. The number of amides is 2. The van der Waals surface area contributed by atoms with Gasteiger partial charge in [0, 0.05) is 26.2 Å². The molecule has 110 valence electrons. The first-order chi connectivity index (χ1) is 9.41. The molecule has 5 N–H and O–H groups in total. The number of nitrogen functional groups attached to an aromatic ring is 1. The van der Waals surface area contributed by atoms with E-state index in [2.05, 4.69) is 5.32 Å². The van der Waals surface area contributed by atoms with E-state index < -0.39 is 5.91 Å². The molecule has 0 aliphatic rings. The Hall–Kier alpha value is -2.28. The van der Waals surface area contributed by atoms with Gasteiger partial charge in [-0.1, -0.05) is 0 Å². The fourth-order valence-electron chi connectivity index (χ4n) is 1.53. The molecule has 1 aromatic rings. The molecule has 0 heterocycles. The molecule has 0 bridgehead atoms. The minimum atomic E-state index is -0.511. The van der Waals surface area contributed by atoms with E-state index in [1.165, 1.54) is 4.90 Å². The van der Waals surface area contributed by atoms with Crippen molar-refractivity contribution in [3.05, 3.63) is 23.8 Å². The van der Waals surface area contributed by atoms with Gasteiger partial charge in [0.15, 0.2) is 0 Å². The highest BCUT2D eigenvalue weighted by Gasteiger charge is 2.10. The molecule has 0 aromatic heterocycles. The van der Waals surface area contributed by atoms with Crippen LogP contribution in [0.4, 0.5) is 11.4 Å². The molecule has 0 atom stereocenters. The Morgan fingerprint density at radius 2 is 2.05 bits per heavy atom. The van der Waals surface area contributed by atoms with Crippen LogP contribution in [0.5, 0.6) is 0 Å². The molecule has 0 saturated heterocycles. The zero-order valence-corrected chi connectivity index (χ0v) is 11.7. The summed E-state index contributed by atoms with van der Waals surface area (Å²) in [5, 5.41) is 3.05. The summed E-state index contributed by atoms with van der Waals surface area (Å²) < 4.78 is 5.02. The first kappa shape index (κ1) is 15.8. The van der Waals surface area contributed by atoms with Crippen molar-refractivity contribution in [1.82, 2.24) is 4.90 Å². The monoisotopic (exact) mass is 280 g/mol. The highest BCUT2D eigenvalue weighted by molar-refractivity contribution is 5.95. The number of primary amides is 1. The first-order valence-corrected chi connectivity index (χ1v) is 6.13. The van der Waals surface area contributed by atoms with Gasteiger partial charge in [-0.15, -0.1) is 0 Å². The molecule has 7 heteroatoms. The molecule has 1 aromatic carbocycles. The summed E-state index contributed by atoms with van der Waals surface area (Å²) in [4.78, 5) is 23.8. The zero-order chi connectivity index (χ0) is 15.1. The van der Waals surface area contributed by atoms with Crippen molar-refractivity contribution in [3.63, 3.8) is 0 Å². The Labute approximate surface area is 117 Å². The van der Waals surface area contributed by atoms with Crippen molar-refractivity contribution in [2.75, 3.05) is 44.9 Å². The fraction of sp³-hybridized carbons (Fsp3) is 0.385. The lowest BCUT2D eigenvalue weighted by Crippen LogP contribution is -2.22. The topological polar surface area (TPSA) is 111 Å². The quantitative estimate of drug-likeness (QED) is 0.476. The van der Waals surface area contributed by atoms with Crippen molar-refractivity contribution in [3.8, 4) is 0 Å². The van der Waals surface area contributed by atoms with Crippen molar-refractivity contribution in [2.45, 2.75) is 0 Å². The van der Waals surface area contributed by atoms with Gasteiger partial charge in [0.1, 0.15) is 6.61 Å². The van der Waals surface area contributed by atoms with Crippen LogP contribution in [-0.2, 0) is 9.53 Å². The SMILES string of the molecule is CN(C)C(=O)c1ccc(N)c(NCCOCC(N)=O)c1. The zero-order valence-electron chi connectivity index (χ0n) is 11.7. The number of benzene rings is 1. The Bertz CT molecular complexity index is 489. The van der Waals surface area contributed by atoms with Crippen LogP contribution in [-0.4, -0.2) is 50.6 Å². The number of hydrogen-bond acceptors (Lipinski definition) is 5. The van der Waals surface area contributed by atoms with Crippen LogP contribution < -0.4 is 16.8 Å². The number of carbonyl (C=O) groups excluding carboxylic acids is 2. The van der Waals surface area contributed by atoms with Crippen LogP contribution in [0.3, 0.4) is 0 Å². The third kappa shape index (κ3) is 4.77. The summed E-state index contributed by atoms with van der Waals surface area (Å²) in [6.07, 6.45) is 0. The van der Waals surface area contributed by atoms with Crippen LogP contribution in [0, 0.1) is 0 Å². The normalized spacial score (nSPS) is 10.1. The molecule has 7 nitrogen and oxygen atoms in total. The Balaban J connectivity index is 2.58. The third-order valence-corrected chi connectivity index (χ3v) is 2.51. The molecular weight excluding hydrogens is 260 g/mol. The number of carbonyl (C=O) groups is 2. The number of rotatable bonds is 7. The molecular formula is C13H20N4O3. The summed E-state index contributed by atoms with van der Waals surface area (Å²) >= 11 is 0. The molecule has 0 fully saturated rings. The molecule has 20 heavy (non-hydrogen) atoms. The molecule has 0 unspecified atom stereocenters. The van der Waals surface area contributed by atoms with E-state index in [-0.39, 0.29) is 12.5 Å². The maximum Gasteiger partial charge on any atom is 0.253 e. The maximum atomic E-state index is 11.8. The Morgan fingerprint density at radius 3 is 2.65 bits per heavy atom. The van der Waals surface area contributed by atoms with Gasteiger partial charge in [-0.05, 0) is 18.2 Å². The Kier molecular flexibility index (Phi) is 5.79. The van der Waals surface area contributed by atoms with Gasteiger partial charge >= 0.3 is 0 Å². The second kappa shape index (κ2) is 7.34. The molecule has 0 aliphatic carbocycles. The summed E-state index contributed by atoms with van der Waals surface area (Å²) in [6, 6.07) is 5.03. The van der Waals surface area contributed by atoms with Gasteiger partial charge in [0.25, 0.3) is 5.91 Å². The summed E-state index contributed by atoms with van der Waals surface area (Å²) in [7, 11) is 3.37. The van der Waals surface area contributed by atoms with Gasteiger partial charge in [0.05, 0.1) is 18.0 Å². The van der Waals surface area contributed by atoms with Crippen LogP contribution in [0.2, 0.25) is 0 Å². The van der Waals surface area contributed by atoms with E-state index >= 15 is 0 Å². The molecule has 0 saturated carbocycles. The fourth-order valence-corrected chi connectivity index (χ4v) is 1.53. The highest BCUT2D eigenvalue weighted by atomic mass is 16.5. The number of nitrogens with zero attached hydrogens (tertiary/aromatic N) is 1. The number of nitrogens with two attached hydrogens (primary N) is 2. The van der Waals surface area contributed by atoms with Crippen molar-refractivity contribution < 1.29 is 14.3 Å². The minimum Gasteiger partial charge on any atom is -0.397 e. The molecule has 0 spiro atoms. The second-order valence-electron chi connectivity index (χ2n) is 4.45. The van der Waals surface area contributed by atoms with Crippen molar-refractivity contribution in [2.24, 2.45) is 5.73 Å². The smallest absolute Gasteiger partial charge is 0.253 e.